The molecule has 0 aromatic heterocycles. The van der Waals surface area contributed by atoms with E-state index in [0.29, 0.717) is 5.69 Å². The van der Waals surface area contributed by atoms with Gasteiger partial charge in [-0.25, -0.2) is 9.38 Å². The lowest BCUT2D eigenvalue weighted by atomic mass is 10.1. The second-order valence-corrected chi connectivity index (χ2v) is 6.14. The van der Waals surface area contributed by atoms with E-state index in [1.807, 2.05) is 62.9 Å². The van der Waals surface area contributed by atoms with E-state index in [9.17, 15) is 4.39 Å². The van der Waals surface area contributed by atoms with Gasteiger partial charge in [0.2, 0.25) is 0 Å². The van der Waals surface area contributed by atoms with Crippen LogP contribution < -0.4 is 9.64 Å². The molecule has 0 radical (unpaired) electrons. The van der Waals surface area contributed by atoms with Gasteiger partial charge < -0.3 is 14.5 Å². The number of aliphatic imine (C=N–C) groups is 1. The molecule has 25 heavy (non-hydrogen) atoms. The third-order valence-corrected chi connectivity index (χ3v) is 4.22. The average molecular weight is 343 g/mol. The van der Waals surface area contributed by atoms with Gasteiger partial charge in [0.25, 0.3) is 0 Å². The van der Waals surface area contributed by atoms with E-state index in [1.54, 1.807) is 19.5 Å². The standard InChI is InChI=1S/C20H26FN3O/c1-7-23(4)13-22-17-11-15(3)19(12-16(17)21)24(5)18-9-8-14(2)10-20(18)25-6/h8-13H,7H2,1-6H3/b22-13+. The predicted octanol–water partition coefficient (Wildman–Crippen LogP) is 4.83. The Hall–Kier alpha value is -2.56. The van der Waals surface area contributed by atoms with Crippen molar-refractivity contribution >= 4 is 23.4 Å². The molecular weight excluding hydrogens is 317 g/mol. The van der Waals surface area contributed by atoms with E-state index >= 15 is 0 Å². The number of rotatable bonds is 6. The van der Waals surface area contributed by atoms with Crippen molar-refractivity contribution < 1.29 is 9.13 Å². The van der Waals surface area contributed by atoms with Crippen molar-refractivity contribution in [2.24, 2.45) is 4.99 Å². The molecule has 0 aliphatic heterocycles. The molecule has 0 heterocycles. The van der Waals surface area contributed by atoms with E-state index < -0.39 is 0 Å². The quantitative estimate of drug-likeness (QED) is 0.555. The molecule has 0 saturated heterocycles. The van der Waals surface area contributed by atoms with Gasteiger partial charge in [0, 0.05) is 32.4 Å². The van der Waals surface area contributed by atoms with Gasteiger partial charge in [-0.1, -0.05) is 6.07 Å². The average Bonchev–Trinajstić information content (AvgIpc) is 2.60. The minimum absolute atomic E-state index is 0.339. The fourth-order valence-electron chi connectivity index (χ4n) is 2.55. The fourth-order valence-corrected chi connectivity index (χ4v) is 2.55. The first kappa shape index (κ1) is 18.8. The molecule has 0 aliphatic rings. The van der Waals surface area contributed by atoms with E-state index in [0.717, 1.165) is 34.8 Å². The van der Waals surface area contributed by atoms with Crippen LogP contribution in [0.1, 0.15) is 18.1 Å². The number of methoxy groups -OCH3 is 1. The molecule has 4 nitrogen and oxygen atoms in total. The van der Waals surface area contributed by atoms with Crippen molar-refractivity contribution in [3.63, 3.8) is 0 Å². The monoisotopic (exact) mass is 343 g/mol. The Morgan fingerprint density at radius 3 is 2.48 bits per heavy atom. The first-order chi connectivity index (χ1) is 11.9. The lowest BCUT2D eigenvalue weighted by molar-refractivity contribution is 0.415. The minimum atomic E-state index is -0.348. The topological polar surface area (TPSA) is 28.1 Å². The largest absolute Gasteiger partial charge is 0.495 e. The van der Waals surface area contributed by atoms with Crippen LogP contribution >= 0.6 is 0 Å². The molecule has 2 rings (SSSR count). The maximum absolute atomic E-state index is 14.5. The summed E-state index contributed by atoms with van der Waals surface area (Å²) in [6.45, 7) is 6.80. The molecule has 0 N–H and O–H groups in total. The summed E-state index contributed by atoms with van der Waals surface area (Å²) in [6.07, 6.45) is 1.64. The summed E-state index contributed by atoms with van der Waals surface area (Å²) in [4.78, 5) is 8.07. The Kier molecular flexibility index (Phi) is 6.02. The zero-order chi connectivity index (χ0) is 18.6. The molecule has 0 saturated carbocycles. The Morgan fingerprint density at radius 1 is 1.12 bits per heavy atom. The van der Waals surface area contributed by atoms with Crippen molar-refractivity contribution in [3.05, 3.63) is 47.3 Å². The fraction of sp³-hybridized carbons (Fsp3) is 0.350. The minimum Gasteiger partial charge on any atom is -0.495 e. The van der Waals surface area contributed by atoms with Crippen molar-refractivity contribution in [1.29, 1.82) is 0 Å². The molecule has 5 heteroatoms. The third kappa shape index (κ3) is 4.29. The van der Waals surface area contributed by atoms with Crippen LogP contribution in [0.15, 0.2) is 35.3 Å². The van der Waals surface area contributed by atoms with Crippen molar-refractivity contribution in [2.45, 2.75) is 20.8 Å². The van der Waals surface area contributed by atoms with Crippen LogP contribution in [0.25, 0.3) is 0 Å². The maximum Gasteiger partial charge on any atom is 0.150 e. The normalized spacial score (nSPS) is 11.0. The summed E-state index contributed by atoms with van der Waals surface area (Å²) in [5.41, 5.74) is 4.06. The van der Waals surface area contributed by atoms with E-state index in [2.05, 4.69) is 4.99 Å². The van der Waals surface area contributed by atoms with Crippen LogP contribution in [-0.2, 0) is 0 Å². The second-order valence-electron chi connectivity index (χ2n) is 6.14. The van der Waals surface area contributed by atoms with Crippen LogP contribution in [0, 0.1) is 19.7 Å². The predicted molar refractivity (Wildman–Crippen MR) is 103 cm³/mol. The number of hydrogen-bond donors (Lipinski definition) is 0. The molecule has 134 valence electrons. The first-order valence-electron chi connectivity index (χ1n) is 8.30. The van der Waals surface area contributed by atoms with Gasteiger partial charge in [0.1, 0.15) is 11.4 Å². The third-order valence-electron chi connectivity index (χ3n) is 4.22. The van der Waals surface area contributed by atoms with Gasteiger partial charge in [-0.3, -0.25) is 0 Å². The highest BCUT2D eigenvalue weighted by Gasteiger charge is 2.15. The molecule has 0 atom stereocenters. The summed E-state index contributed by atoms with van der Waals surface area (Å²) >= 11 is 0. The number of hydrogen-bond acceptors (Lipinski definition) is 3. The van der Waals surface area contributed by atoms with Crippen LogP contribution in [0.3, 0.4) is 0 Å². The molecule has 2 aromatic rings. The van der Waals surface area contributed by atoms with Crippen LogP contribution in [0.2, 0.25) is 0 Å². The van der Waals surface area contributed by atoms with Gasteiger partial charge in [-0.2, -0.15) is 0 Å². The second kappa shape index (κ2) is 8.01. The Morgan fingerprint density at radius 2 is 1.84 bits per heavy atom. The smallest absolute Gasteiger partial charge is 0.150 e. The van der Waals surface area contributed by atoms with E-state index in [1.165, 1.54) is 6.07 Å². The maximum atomic E-state index is 14.5. The number of benzene rings is 2. The Bertz CT molecular complexity index is 774. The lowest BCUT2D eigenvalue weighted by Crippen LogP contribution is -2.14. The molecule has 0 fully saturated rings. The summed E-state index contributed by atoms with van der Waals surface area (Å²) in [7, 11) is 5.45. The molecule has 0 amide bonds. The molecular formula is C20H26FN3O. The number of ether oxygens (including phenoxy) is 1. The summed E-state index contributed by atoms with van der Waals surface area (Å²) in [5.74, 6) is 0.410. The van der Waals surface area contributed by atoms with Gasteiger partial charge >= 0.3 is 0 Å². The van der Waals surface area contributed by atoms with Crippen molar-refractivity contribution in [3.8, 4) is 5.75 Å². The summed E-state index contributed by atoms with van der Waals surface area (Å²) < 4.78 is 20.0. The Balaban J connectivity index is 2.40. The van der Waals surface area contributed by atoms with Crippen molar-refractivity contribution in [2.75, 3.05) is 32.6 Å². The molecule has 2 aromatic carbocycles. The summed E-state index contributed by atoms with van der Waals surface area (Å²) in [6, 6.07) is 9.25. The summed E-state index contributed by atoms with van der Waals surface area (Å²) in [5, 5.41) is 0. The highest BCUT2D eigenvalue weighted by molar-refractivity contribution is 5.73. The molecule has 0 bridgehead atoms. The van der Waals surface area contributed by atoms with Crippen LogP contribution in [-0.4, -0.2) is 39.0 Å². The van der Waals surface area contributed by atoms with Crippen molar-refractivity contribution in [1.82, 2.24) is 4.90 Å². The zero-order valence-corrected chi connectivity index (χ0v) is 15.8. The van der Waals surface area contributed by atoms with Gasteiger partial charge in [0.15, 0.2) is 5.82 Å². The van der Waals surface area contributed by atoms with E-state index in [4.69, 9.17) is 4.74 Å². The van der Waals surface area contributed by atoms with Crippen LogP contribution in [0.4, 0.5) is 21.5 Å². The highest BCUT2D eigenvalue weighted by Crippen LogP contribution is 2.36. The number of anilines is 2. The first-order valence-corrected chi connectivity index (χ1v) is 8.30. The molecule has 0 aliphatic carbocycles. The lowest BCUT2D eigenvalue weighted by Gasteiger charge is -2.24. The molecule has 0 unspecified atom stereocenters. The van der Waals surface area contributed by atoms with Gasteiger partial charge in [-0.05, 0) is 50.1 Å². The Labute approximate surface area is 149 Å². The van der Waals surface area contributed by atoms with Gasteiger partial charge in [-0.15, -0.1) is 0 Å². The SMILES string of the molecule is CCN(C)/C=N/c1cc(C)c(N(C)c2ccc(C)cc2OC)cc1F. The van der Waals surface area contributed by atoms with E-state index in [-0.39, 0.29) is 5.82 Å². The highest BCUT2D eigenvalue weighted by atomic mass is 19.1. The number of aryl methyl sites for hydroxylation is 2. The number of halogens is 1. The number of nitrogens with zero attached hydrogens (tertiary/aromatic N) is 3. The van der Waals surface area contributed by atoms with Crippen LogP contribution in [0.5, 0.6) is 5.75 Å². The van der Waals surface area contributed by atoms with Gasteiger partial charge in [0.05, 0.1) is 19.1 Å². The zero-order valence-electron chi connectivity index (χ0n) is 15.8. The molecule has 0 spiro atoms.